The van der Waals surface area contributed by atoms with Gasteiger partial charge in [0.15, 0.2) is 5.65 Å². The first-order valence-electron chi connectivity index (χ1n) is 13.7. The van der Waals surface area contributed by atoms with E-state index in [9.17, 15) is 14.7 Å². The zero-order valence-electron chi connectivity index (χ0n) is 22.8. The molecule has 1 aliphatic carbocycles. The number of fused-ring (bicyclic) bond motifs is 2. The molecule has 4 atom stereocenters. The zero-order chi connectivity index (χ0) is 29.3. The number of carbonyl (C=O) groups excluding carboxylic acids is 1. The van der Waals surface area contributed by atoms with E-state index >= 15 is 8.78 Å². The van der Waals surface area contributed by atoms with E-state index in [1.165, 1.54) is 15.5 Å². The van der Waals surface area contributed by atoms with Crippen molar-refractivity contribution in [2.75, 3.05) is 6.54 Å². The van der Waals surface area contributed by atoms with E-state index in [1.807, 2.05) is 19.1 Å². The molecule has 0 radical (unpaired) electrons. The fourth-order valence-corrected chi connectivity index (χ4v) is 5.94. The summed E-state index contributed by atoms with van der Waals surface area (Å²) >= 11 is 0. The van der Waals surface area contributed by atoms with Gasteiger partial charge in [0.2, 0.25) is 0 Å². The van der Waals surface area contributed by atoms with E-state index in [1.54, 1.807) is 60.4 Å². The van der Waals surface area contributed by atoms with Gasteiger partial charge in [0.25, 0.3) is 5.91 Å². The molecule has 1 N–H and O–H groups in total. The van der Waals surface area contributed by atoms with Gasteiger partial charge >= 0.3 is 5.97 Å². The number of aliphatic carboxylic acids is 1. The molecule has 0 bridgehead atoms. The second-order valence-corrected chi connectivity index (χ2v) is 11.0. The van der Waals surface area contributed by atoms with Crippen molar-refractivity contribution in [2.45, 2.75) is 31.5 Å². The third kappa shape index (κ3) is 4.23. The van der Waals surface area contributed by atoms with Gasteiger partial charge in [-0.2, -0.15) is 10.2 Å². The summed E-state index contributed by atoms with van der Waals surface area (Å²) in [4.78, 5) is 31.2. The third-order valence-corrected chi connectivity index (χ3v) is 8.30. The standard InChI is InChI=1S/C31H26F2N6O3/c1-16-18-5-3-4-6-19(18)24(33)15-38(16)30(40)27-13-28(25-9-10-37(2)35-25)39-29(34-27)14-26(36-39)20-8-7-17(11-23(20)32)21-12-22(21)31(41)42/h3-11,13-14,16,21-22,24H,12,15H2,1-2H3,(H,41,42)/t16-,21-,22+,24-/m1/s1. The minimum absolute atomic E-state index is 0.0947. The van der Waals surface area contributed by atoms with Crippen molar-refractivity contribution in [3.05, 3.63) is 95.1 Å². The van der Waals surface area contributed by atoms with Crippen molar-refractivity contribution in [2.24, 2.45) is 13.0 Å². The van der Waals surface area contributed by atoms with Gasteiger partial charge in [0, 0.05) is 24.9 Å². The van der Waals surface area contributed by atoms with Crippen molar-refractivity contribution in [1.82, 2.24) is 29.3 Å². The summed E-state index contributed by atoms with van der Waals surface area (Å²) in [6.07, 6.45) is 0.918. The monoisotopic (exact) mass is 568 g/mol. The molecule has 212 valence electrons. The van der Waals surface area contributed by atoms with Crippen LogP contribution in [-0.2, 0) is 11.8 Å². The molecule has 0 unspecified atom stereocenters. The summed E-state index contributed by atoms with van der Waals surface area (Å²) in [5.74, 6) is -2.54. The van der Waals surface area contributed by atoms with Crippen molar-refractivity contribution in [3.8, 4) is 22.6 Å². The molecule has 0 saturated heterocycles. The number of rotatable bonds is 5. The van der Waals surface area contributed by atoms with Gasteiger partial charge in [0.05, 0.1) is 29.9 Å². The lowest BCUT2D eigenvalue weighted by molar-refractivity contribution is -0.138. The molecule has 2 aromatic carbocycles. The lowest BCUT2D eigenvalue weighted by atomic mass is 9.92. The minimum atomic E-state index is -1.32. The van der Waals surface area contributed by atoms with Crippen LogP contribution in [0.3, 0.4) is 0 Å². The fraction of sp³-hybridized carbons (Fsp3) is 0.258. The second kappa shape index (κ2) is 9.57. The van der Waals surface area contributed by atoms with Crippen molar-refractivity contribution < 1.29 is 23.5 Å². The SMILES string of the molecule is C[C@@H]1c2ccccc2[C@H](F)CN1C(=O)c1cc(-c2ccn(C)n2)n2nc(-c3ccc([C@H]4C[C@@H]4C(=O)O)cc3F)cc2n1. The Kier molecular flexibility index (Phi) is 5.93. The highest BCUT2D eigenvalue weighted by Gasteiger charge is 2.44. The van der Waals surface area contributed by atoms with Gasteiger partial charge < -0.3 is 10.0 Å². The second-order valence-electron chi connectivity index (χ2n) is 11.0. The lowest BCUT2D eigenvalue weighted by Crippen LogP contribution is -2.40. The number of halogens is 2. The summed E-state index contributed by atoms with van der Waals surface area (Å²) in [6.45, 7) is 1.76. The summed E-state index contributed by atoms with van der Waals surface area (Å²) in [7, 11) is 1.77. The number of carbonyl (C=O) groups is 2. The predicted octanol–water partition coefficient (Wildman–Crippen LogP) is 5.35. The van der Waals surface area contributed by atoms with Crippen LogP contribution in [0.25, 0.3) is 28.3 Å². The van der Waals surface area contributed by atoms with E-state index in [0.29, 0.717) is 40.3 Å². The number of nitrogens with zero attached hydrogens (tertiary/aromatic N) is 6. The molecule has 1 aliphatic heterocycles. The smallest absolute Gasteiger partial charge is 0.307 e. The van der Waals surface area contributed by atoms with Crippen LogP contribution in [0.5, 0.6) is 0 Å². The number of alkyl halides is 1. The first-order chi connectivity index (χ1) is 20.2. The number of aromatic nitrogens is 5. The third-order valence-electron chi connectivity index (χ3n) is 8.30. The molecule has 42 heavy (non-hydrogen) atoms. The van der Waals surface area contributed by atoms with Crippen LogP contribution in [0.15, 0.2) is 66.9 Å². The Bertz CT molecular complexity index is 1900. The quantitative estimate of drug-likeness (QED) is 0.306. The maximum Gasteiger partial charge on any atom is 0.307 e. The van der Waals surface area contributed by atoms with Crippen LogP contribution < -0.4 is 0 Å². The molecule has 5 aromatic rings. The van der Waals surface area contributed by atoms with E-state index < -0.39 is 29.8 Å². The normalized spacial score (nSPS) is 21.4. The summed E-state index contributed by atoms with van der Waals surface area (Å²) in [6, 6.07) is 16.4. The van der Waals surface area contributed by atoms with Crippen LogP contribution in [0, 0.1) is 11.7 Å². The summed E-state index contributed by atoms with van der Waals surface area (Å²) in [5, 5.41) is 18.3. The van der Waals surface area contributed by atoms with Crippen molar-refractivity contribution in [1.29, 1.82) is 0 Å². The number of amides is 1. The average Bonchev–Trinajstić information content (AvgIpc) is 3.50. The Morgan fingerprint density at radius 3 is 2.48 bits per heavy atom. The molecular formula is C31H26F2N6O3. The maximum absolute atomic E-state index is 15.3. The van der Waals surface area contributed by atoms with Crippen LogP contribution in [0.2, 0.25) is 0 Å². The van der Waals surface area contributed by atoms with Gasteiger partial charge in [0.1, 0.15) is 23.4 Å². The van der Waals surface area contributed by atoms with Gasteiger partial charge in [-0.3, -0.25) is 14.3 Å². The Morgan fingerprint density at radius 2 is 1.79 bits per heavy atom. The topological polar surface area (TPSA) is 106 Å². The number of hydrogen-bond acceptors (Lipinski definition) is 5. The van der Waals surface area contributed by atoms with E-state index in [0.717, 1.165) is 5.56 Å². The summed E-state index contributed by atoms with van der Waals surface area (Å²) < 4.78 is 33.6. The van der Waals surface area contributed by atoms with Gasteiger partial charge in [-0.05, 0) is 60.2 Å². The molecule has 2 aliphatic rings. The number of carboxylic acids is 1. The van der Waals surface area contributed by atoms with Crippen LogP contribution in [0.4, 0.5) is 8.78 Å². The number of carboxylic acid groups (broad SMARTS) is 1. The summed E-state index contributed by atoms with van der Waals surface area (Å²) in [5.41, 5.74) is 3.88. The molecule has 4 heterocycles. The van der Waals surface area contributed by atoms with Crippen LogP contribution >= 0.6 is 0 Å². The van der Waals surface area contributed by atoms with E-state index in [4.69, 9.17) is 0 Å². The molecule has 9 nitrogen and oxygen atoms in total. The Balaban J connectivity index is 1.29. The molecule has 7 rings (SSSR count). The molecule has 0 spiro atoms. The predicted molar refractivity (Wildman–Crippen MR) is 149 cm³/mol. The first kappa shape index (κ1) is 26.0. The van der Waals surface area contributed by atoms with Crippen molar-refractivity contribution in [3.63, 3.8) is 0 Å². The fourth-order valence-electron chi connectivity index (χ4n) is 5.94. The molecular weight excluding hydrogens is 542 g/mol. The van der Waals surface area contributed by atoms with Crippen LogP contribution in [0.1, 0.15) is 58.7 Å². The molecule has 11 heteroatoms. The molecule has 1 fully saturated rings. The van der Waals surface area contributed by atoms with E-state index in [-0.39, 0.29) is 29.8 Å². The van der Waals surface area contributed by atoms with Gasteiger partial charge in [-0.25, -0.2) is 18.3 Å². The van der Waals surface area contributed by atoms with Crippen LogP contribution in [-0.4, -0.2) is 52.8 Å². The Hall–Kier alpha value is -4.93. The van der Waals surface area contributed by atoms with Crippen molar-refractivity contribution >= 4 is 17.5 Å². The number of hydrogen-bond donors (Lipinski definition) is 1. The highest BCUT2D eigenvalue weighted by molar-refractivity contribution is 5.94. The maximum atomic E-state index is 15.3. The zero-order valence-corrected chi connectivity index (χ0v) is 22.8. The number of aryl methyl sites for hydroxylation is 1. The molecule has 1 amide bonds. The first-order valence-corrected chi connectivity index (χ1v) is 13.7. The molecule has 3 aromatic heterocycles. The lowest BCUT2D eigenvalue weighted by Gasteiger charge is -2.36. The Morgan fingerprint density at radius 1 is 1.00 bits per heavy atom. The molecule has 1 saturated carbocycles. The highest BCUT2D eigenvalue weighted by atomic mass is 19.1. The Labute approximate surface area is 239 Å². The highest BCUT2D eigenvalue weighted by Crippen LogP contribution is 2.48. The van der Waals surface area contributed by atoms with E-state index in [2.05, 4.69) is 15.2 Å². The van der Waals surface area contributed by atoms with Gasteiger partial charge in [-0.1, -0.05) is 30.3 Å². The van der Waals surface area contributed by atoms with Gasteiger partial charge in [-0.15, -0.1) is 0 Å². The minimum Gasteiger partial charge on any atom is -0.481 e. The largest absolute Gasteiger partial charge is 0.481 e. The number of benzene rings is 2. The average molecular weight is 569 g/mol.